The lowest BCUT2D eigenvalue weighted by Crippen LogP contribution is -2.46. The number of H-pyrrole nitrogens is 1. The highest BCUT2D eigenvalue weighted by molar-refractivity contribution is 5.84. The molecule has 2 aliphatic heterocycles. The van der Waals surface area contributed by atoms with E-state index >= 15 is 0 Å². The summed E-state index contributed by atoms with van der Waals surface area (Å²) in [5.41, 5.74) is 8.50. The van der Waals surface area contributed by atoms with E-state index in [1.165, 1.54) is 5.56 Å². The van der Waals surface area contributed by atoms with Gasteiger partial charge in [-0.25, -0.2) is 4.98 Å². The molecule has 0 bridgehead atoms. The van der Waals surface area contributed by atoms with Crippen molar-refractivity contribution < 1.29 is 9.47 Å². The van der Waals surface area contributed by atoms with Crippen LogP contribution in [0.3, 0.4) is 0 Å². The smallest absolute Gasteiger partial charge is 0.231 e. The molecule has 9 heteroatoms. The Morgan fingerprint density at radius 3 is 2.81 bits per heavy atom. The van der Waals surface area contributed by atoms with E-state index in [0.29, 0.717) is 12.4 Å². The maximum Gasteiger partial charge on any atom is 0.231 e. The maximum absolute atomic E-state index is 5.83. The standard InChI is InChI=1S/C17H19N7O2/c18-17-21-15-14(19-9-20-15)16(22-17)24-5-3-23(4-6-24)8-11-1-2-12-13(7-11)26-10-25-12/h1-2,7,9H,3-6,8,10H2,(H3,18,19,20,21,22). The monoisotopic (exact) mass is 353 g/mol. The number of piperazine rings is 1. The summed E-state index contributed by atoms with van der Waals surface area (Å²) in [5.74, 6) is 2.73. The summed E-state index contributed by atoms with van der Waals surface area (Å²) in [6.07, 6.45) is 1.62. The molecule has 2 aliphatic rings. The molecule has 1 fully saturated rings. The normalized spacial score (nSPS) is 17.2. The van der Waals surface area contributed by atoms with Gasteiger partial charge in [-0.15, -0.1) is 0 Å². The fourth-order valence-electron chi connectivity index (χ4n) is 3.48. The molecule has 0 unspecified atom stereocenters. The molecule has 26 heavy (non-hydrogen) atoms. The van der Waals surface area contributed by atoms with Gasteiger partial charge in [0, 0.05) is 32.7 Å². The van der Waals surface area contributed by atoms with Crippen LogP contribution in [0.15, 0.2) is 24.5 Å². The fourth-order valence-corrected chi connectivity index (χ4v) is 3.48. The van der Waals surface area contributed by atoms with Gasteiger partial charge in [0.15, 0.2) is 23.0 Å². The molecule has 0 aliphatic carbocycles. The second-order valence-electron chi connectivity index (χ2n) is 6.46. The van der Waals surface area contributed by atoms with Gasteiger partial charge >= 0.3 is 0 Å². The Morgan fingerprint density at radius 1 is 1.08 bits per heavy atom. The minimum absolute atomic E-state index is 0.252. The molecule has 1 aromatic carbocycles. The summed E-state index contributed by atoms with van der Waals surface area (Å²) in [5, 5.41) is 0. The van der Waals surface area contributed by atoms with E-state index in [0.717, 1.165) is 55.6 Å². The second kappa shape index (κ2) is 6.03. The quantitative estimate of drug-likeness (QED) is 0.718. The van der Waals surface area contributed by atoms with Crippen molar-refractivity contribution in [2.45, 2.75) is 6.54 Å². The summed E-state index contributed by atoms with van der Waals surface area (Å²) in [6, 6.07) is 6.14. The number of aromatic nitrogens is 4. The van der Waals surface area contributed by atoms with Gasteiger partial charge < -0.3 is 25.1 Å². The van der Waals surface area contributed by atoms with Crippen LogP contribution in [0.4, 0.5) is 11.8 Å². The van der Waals surface area contributed by atoms with E-state index in [-0.39, 0.29) is 5.95 Å². The summed E-state index contributed by atoms with van der Waals surface area (Å²) >= 11 is 0. The van der Waals surface area contributed by atoms with Crippen LogP contribution in [-0.4, -0.2) is 57.8 Å². The predicted molar refractivity (Wildman–Crippen MR) is 96.2 cm³/mol. The SMILES string of the molecule is Nc1nc(N2CCN(Cc3ccc4c(c3)OCO4)CC2)c2[nH]cnc2n1. The molecular formula is C17H19N7O2. The molecule has 3 N–H and O–H groups in total. The number of fused-ring (bicyclic) bond motifs is 2. The molecule has 5 rings (SSSR count). The van der Waals surface area contributed by atoms with Gasteiger partial charge in [-0.3, -0.25) is 4.90 Å². The number of rotatable bonds is 3. The van der Waals surface area contributed by atoms with E-state index in [1.807, 2.05) is 6.07 Å². The van der Waals surface area contributed by atoms with Crippen molar-refractivity contribution in [3.05, 3.63) is 30.1 Å². The van der Waals surface area contributed by atoms with Crippen LogP contribution in [0.2, 0.25) is 0 Å². The molecule has 0 saturated carbocycles. The topological polar surface area (TPSA) is 105 Å². The number of nitrogens with one attached hydrogen (secondary N) is 1. The van der Waals surface area contributed by atoms with Crippen LogP contribution >= 0.6 is 0 Å². The van der Waals surface area contributed by atoms with E-state index in [4.69, 9.17) is 15.2 Å². The van der Waals surface area contributed by atoms with Crippen molar-refractivity contribution in [3.8, 4) is 11.5 Å². The first kappa shape index (κ1) is 15.2. The minimum Gasteiger partial charge on any atom is -0.454 e. The third-order valence-electron chi connectivity index (χ3n) is 4.80. The van der Waals surface area contributed by atoms with Crippen LogP contribution in [0, 0.1) is 0 Å². The fraction of sp³-hybridized carbons (Fsp3) is 0.353. The third-order valence-corrected chi connectivity index (χ3v) is 4.80. The zero-order valence-electron chi connectivity index (χ0n) is 14.2. The summed E-state index contributed by atoms with van der Waals surface area (Å²) < 4.78 is 10.8. The zero-order valence-corrected chi connectivity index (χ0v) is 14.2. The molecule has 0 spiro atoms. The predicted octanol–water partition coefficient (Wildman–Crippen LogP) is 0.986. The average molecular weight is 353 g/mol. The molecule has 0 radical (unpaired) electrons. The van der Waals surface area contributed by atoms with Gasteiger partial charge in [0.25, 0.3) is 0 Å². The molecule has 134 valence electrons. The molecular weight excluding hydrogens is 334 g/mol. The number of hydrogen-bond acceptors (Lipinski definition) is 8. The third kappa shape index (κ3) is 2.66. The molecule has 1 saturated heterocycles. The van der Waals surface area contributed by atoms with Gasteiger partial charge in [0.05, 0.1) is 6.33 Å². The second-order valence-corrected chi connectivity index (χ2v) is 6.46. The van der Waals surface area contributed by atoms with Crippen LogP contribution in [-0.2, 0) is 6.54 Å². The maximum atomic E-state index is 5.83. The number of nitrogens with two attached hydrogens (primary N) is 1. The minimum atomic E-state index is 0.252. The van der Waals surface area contributed by atoms with Crippen LogP contribution < -0.4 is 20.1 Å². The Kier molecular flexibility index (Phi) is 3.52. The van der Waals surface area contributed by atoms with Gasteiger partial charge in [-0.2, -0.15) is 9.97 Å². The number of nitrogen functional groups attached to an aromatic ring is 1. The number of aromatic amines is 1. The van der Waals surface area contributed by atoms with Crippen LogP contribution in [0.1, 0.15) is 5.56 Å². The Bertz CT molecular complexity index is 949. The number of imidazole rings is 1. The van der Waals surface area contributed by atoms with Crippen LogP contribution in [0.25, 0.3) is 11.2 Å². The summed E-state index contributed by atoms with van der Waals surface area (Å²) in [7, 11) is 0. The van der Waals surface area contributed by atoms with E-state index in [9.17, 15) is 0 Å². The Hall–Kier alpha value is -3.07. The van der Waals surface area contributed by atoms with Crippen molar-refractivity contribution in [3.63, 3.8) is 0 Å². The Labute approximate surface area is 149 Å². The van der Waals surface area contributed by atoms with Gasteiger partial charge in [-0.05, 0) is 17.7 Å². The number of ether oxygens (including phenoxy) is 2. The molecule has 4 heterocycles. The lowest BCUT2D eigenvalue weighted by Gasteiger charge is -2.35. The molecule has 0 amide bonds. The van der Waals surface area contributed by atoms with Crippen LogP contribution in [0.5, 0.6) is 11.5 Å². The van der Waals surface area contributed by atoms with Gasteiger partial charge in [0.2, 0.25) is 12.7 Å². The molecule has 3 aromatic rings. The number of nitrogens with zero attached hydrogens (tertiary/aromatic N) is 5. The Balaban J connectivity index is 1.28. The number of benzene rings is 1. The molecule has 0 atom stereocenters. The van der Waals surface area contributed by atoms with E-state index in [2.05, 4.69) is 41.9 Å². The zero-order chi connectivity index (χ0) is 17.5. The van der Waals surface area contributed by atoms with Crippen molar-refractivity contribution >= 4 is 22.9 Å². The lowest BCUT2D eigenvalue weighted by molar-refractivity contribution is 0.174. The number of hydrogen-bond donors (Lipinski definition) is 2. The first-order chi connectivity index (χ1) is 12.8. The van der Waals surface area contributed by atoms with Crippen molar-refractivity contribution in [2.24, 2.45) is 0 Å². The highest BCUT2D eigenvalue weighted by atomic mass is 16.7. The average Bonchev–Trinajstić information content (AvgIpc) is 3.30. The molecule has 9 nitrogen and oxygen atoms in total. The van der Waals surface area contributed by atoms with E-state index in [1.54, 1.807) is 6.33 Å². The summed E-state index contributed by atoms with van der Waals surface area (Å²) in [6.45, 7) is 4.81. The van der Waals surface area contributed by atoms with Gasteiger partial charge in [0.1, 0.15) is 5.52 Å². The highest BCUT2D eigenvalue weighted by Gasteiger charge is 2.22. The van der Waals surface area contributed by atoms with Crippen molar-refractivity contribution in [1.82, 2.24) is 24.8 Å². The summed E-state index contributed by atoms with van der Waals surface area (Å²) in [4.78, 5) is 20.5. The largest absolute Gasteiger partial charge is 0.454 e. The Morgan fingerprint density at radius 2 is 1.92 bits per heavy atom. The van der Waals surface area contributed by atoms with Crippen molar-refractivity contribution in [2.75, 3.05) is 43.6 Å². The number of anilines is 2. The highest BCUT2D eigenvalue weighted by Crippen LogP contribution is 2.33. The first-order valence-corrected chi connectivity index (χ1v) is 8.59. The van der Waals surface area contributed by atoms with Crippen molar-refractivity contribution in [1.29, 1.82) is 0 Å². The lowest BCUT2D eigenvalue weighted by atomic mass is 10.1. The van der Waals surface area contributed by atoms with E-state index < -0.39 is 0 Å². The first-order valence-electron chi connectivity index (χ1n) is 8.59. The van der Waals surface area contributed by atoms with Gasteiger partial charge in [-0.1, -0.05) is 6.07 Å². The molecule has 2 aromatic heterocycles.